The van der Waals surface area contributed by atoms with Crippen LogP contribution in [-0.4, -0.2) is 44.8 Å². The first-order valence-corrected chi connectivity index (χ1v) is 13.8. The van der Waals surface area contributed by atoms with E-state index in [1.165, 1.54) is 24.1 Å². The minimum absolute atomic E-state index is 0.0706. The van der Waals surface area contributed by atoms with Gasteiger partial charge in [-0.25, -0.2) is 8.42 Å². The van der Waals surface area contributed by atoms with Crippen molar-refractivity contribution in [2.24, 2.45) is 0 Å². The molecule has 9 heteroatoms. The summed E-state index contributed by atoms with van der Waals surface area (Å²) < 4.78 is 29.1. The number of anilines is 1. The molecule has 0 aliphatic heterocycles. The number of hydrogen-bond acceptors (Lipinski definition) is 4. The van der Waals surface area contributed by atoms with Crippen molar-refractivity contribution in [3.8, 4) is 0 Å². The molecule has 0 radical (unpaired) electrons. The Bertz CT molecular complexity index is 1300. The van der Waals surface area contributed by atoms with Crippen molar-refractivity contribution in [2.75, 3.05) is 17.9 Å². The standard InChI is InChI=1S/C27H30BrN3O4S/c1-4-25(27(33)29-3)30(18-21-15-13-20(2)14-16-21)26(32)19-31(23-10-8-9-22(28)17-23)36(34,35)24-11-6-5-7-12-24/h5-17,25H,4,18-19H2,1-3H3,(H,29,33)/t25-/m1/s1. The monoisotopic (exact) mass is 571 g/mol. The summed E-state index contributed by atoms with van der Waals surface area (Å²) >= 11 is 3.39. The van der Waals surface area contributed by atoms with E-state index in [2.05, 4.69) is 21.2 Å². The number of carbonyl (C=O) groups excluding carboxylic acids is 2. The second-order valence-electron chi connectivity index (χ2n) is 8.35. The minimum atomic E-state index is -4.07. The highest BCUT2D eigenvalue weighted by Gasteiger charge is 2.33. The van der Waals surface area contributed by atoms with Gasteiger partial charge >= 0.3 is 0 Å². The van der Waals surface area contributed by atoms with Gasteiger partial charge in [0.05, 0.1) is 10.6 Å². The number of hydrogen-bond donors (Lipinski definition) is 1. The first-order chi connectivity index (χ1) is 17.2. The van der Waals surface area contributed by atoms with Crippen LogP contribution in [0.2, 0.25) is 0 Å². The lowest BCUT2D eigenvalue weighted by molar-refractivity contribution is -0.140. The van der Waals surface area contributed by atoms with E-state index in [4.69, 9.17) is 0 Å². The van der Waals surface area contributed by atoms with Crippen LogP contribution in [0.4, 0.5) is 5.69 Å². The van der Waals surface area contributed by atoms with Gasteiger partial charge in [-0.3, -0.25) is 13.9 Å². The van der Waals surface area contributed by atoms with E-state index >= 15 is 0 Å². The summed E-state index contributed by atoms with van der Waals surface area (Å²) in [5.41, 5.74) is 2.26. The number of benzene rings is 3. The number of amides is 2. The molecular weight excluding hydrogens is 542 g/mol. The Balaban J connectivity index is 2.04. The van der Waals surface area contributed by atoms with Crippen molar-refractivity contribution in [1.82, 2.24) is 10.2 Å². The van der Waals surface area contributed by atoms with Crippen molar-refractivity contribution in [2.45, 2.75) is 37.8 Å². The predicted octanol–water partition coefficient (Wildman–Crippen LogP) is 4.51. The molecule has 0 saturated heterocycles. The largest absolute Gasteiger partial charge is 0.357 e. The summed E-state index contributed by atoms with van der Waals surface area (Å²) in [5, 5.41) is 2.62. The van der Waals surface area contributed by atoms with Crippen LogP contribution in [0, 0.1) is 6.92 Å². The SMILES string of the molecule is CC[C@H](C(=O)NC)N(Cc1ccc(C)cc1)C(=O)CN(c1cccc(Br)c1)S(=O)(=O)c1ccccc1. The third kappa shape index (κ3) is 6.53. The maximum absolute atomic E-state index is 13.8. The van der Waals surface area contributed by atoms with E-state index in [0.29, 0.717) is 16.6 Å². The zero-order valence-corrected chi connectivity index (χ0v) is 22.9. The number of sulfonamides is 1. The summed E-state index contributed by atoms with van der Waals surface area (Å²) in [5.74, 6) is -0.789. The molecule has 2 amide bonds. The third-order valence-electron chi connectivity index (χ3n) is 5.81. The van der Waals surface area contributed by atoms with Gasteiger partial charge < -0.3 is 10.2 Å². The topological polar surface area (TPSA) is 86.8 Å². The zero-order chi connectivity index (χ0) is 26.3. The fraction of sp³-hybridized carbons (Fsp3) is 0.259. The van der Waals surface area contributed by atoms with Crippen LogP contribution in [0.5, 0.6) is 0 Å². The molecular formula is C27H30BrN3O4S. The number of aryl methyl sites for hydroxylation is 1. The van der Waals surface area contributed by atoms with Crippen molar-refractivity contribution in [3.05, 3.63) is 94.5 Å². The smallest absolute Gasteiger partial charge is 0.264 e. The Morgan fingerprint density at radius 2 is 1.64 bits per heavy atom. The minimum Gasteiger partial charge on any atom is -0.357 e. The molecule has 0 fully saturated rings. The number of nitrogens with zero attached hydrogens (tertiary/aromatic N) is 2. The van der Waals surface area contributed by atoms with Gasteiger partial charge in [0.1, 0.15) is 12.6 Å². The second kappa shape index (κ2) is 12.2. The van der Waals surface area contributed by atoms with Crippen LogP contribution in [0.1, 0.15) is 24.5 Å². The molecule has 3 rings (SSSR count). The van der Waals surface area contributed by atoms with Gasteiger partial charge in [0.2, 0.25) is 11.8 Å². The van der Waals surface area contributed by atoms with Crippen LogP contribution in [0.25, 0.3) is 0 Å². The molecule has 3 aromatic carbocycles. The number of carbonyl (C=O) groups is 2. The number of likely N-dealkylation sites (N-methyl/N-ethyl adjacent to an activating group) is 1. The van der Waals surface area contributed by atoms with Crippen molar-refractivity contribution in [3.63, 3.8) is 0 Å². The van der Waals surface area contributed by atoms with Crippen LogP contribution in [0.3, 0.4) is 0 Å². The molecule has 0 aliphatic rings. The lowest BCUT2D eigenvalue weighted by Gasteiger charge is -2.33. The Morgan fingerprint density at radius 1 is 0.972 bits per heavy atom. The lowest BCUT2D eigenvalue weighted by atomic mass is 10.1. The quantitative estimate of drug-likeness (QED) is 0.388. The van der Waals surface area contributed by atoms with E-state index in [9.17, 15) is 18.0 Å². The van der Waals surface area contributed by atoms with E-state index in [1.54, 1.807) is 42.5 Å². The Hall–Kier alpha value is -3.17. The fourth-order valence-electron chi connectivity index (χ4n) is 3.86. The van der Waals surface area contributed by atoms with E-state index in [-0.39, 0.29) is 17.3 Å². The highest BCUT2D eigenvalue weighted by Crippen LogP contribution is 2.27. The normalized spacial score (nSPS) is 12.0. The molecule has 0 bridgehead atoms. The lowest BCUT2D eigenvalue weighted by Crippen LogP contribution is -2.51. The summed E-state index contributed by atoms with van der Waals surface area (Å²) in [7, 11) is -2.55. The molecule has 0 saturated carbocycles. The molecule has 0 aliphatic carbocycles. The van der Waals surface area contributed by atoms with Gasteiger partial charge in [-0.1, -0.05) is 76.9 Å². The molecule has 190 valence electrons. The Morgan fingerprint density at radius 3 is 2.22 bits per heavy atom. The molecule has 3 aromatic rings. The first kappa shape index (κ1) is 27.4. The molecule has 0 aromatic heterocycles. The maximum Gasteiger partial charge on any atom is 0.264 e. The zero-order valence-electron chi connectivity index (χ0n) is 20.5. The number of rotatable bonds is 10. The Labute approximate surface area is 221 Å². The van der Waals surface area contributed by atoms with Gasteiger partial charge in [0, 0.05) is 18.1 Å². The van der Waals surface area contributed by atoms with Gasteiger partial charge in [0.15, 0.2) is 0 Å². The van der Waals surface area contributed by atoms with E-state index in [0.717, 1.165) is 15.4 Å². The molecule has 0 heterocycles. The number of halogens is 1. The average molecular weight is 573 g/mol. The van der Waals surface area contributed by atoms with Gasteiger partial charge in [-0.2, -0.15) is 0 Å². The van der Waals surface area contributed by atoms with E-state index in [1.807, 2.05) is 38.1 Å². The summed E-state index contributed by atoms with van der Waals surface area (Å²) in [6.07, 6.45) is 0.375. The number of nitrogens with one attached hydrogen (secondary N) is 1. The van der Waals surface area contributed by atoms with Gasteiger partial charge in [0.25, 0.3) is 10.0 Å². The predicted molar refractivity (Wildman–Crippen MR) is 145 cm³/mol. The van der Waals surface area contributed by atoms with Crippen LogP contribution < -0.4 is 9.62 Å². The highest BCUT2D eigenvalue weighted by atomic mass is 79.9. The molecule has 7 nitrogen and oxygen atoms in total. The van der Waals surface area contributed by atoms with Gasteiger partial charge in [-0.05, 0) is 49.2 Å². The maximum atomic E-state index is 13.8. The summed E-state index contributed by atoms with van der Waals surface area (Å²) in [4.78, 5) is 28.0. The molecule has 0 spiro atoms. The molecule has 36 heavy (non-hydrogen) atoms. The summed E-state index contributed by atoms with van der Waals surface area (Å²) in [6, 6.07) is 21.7. The van der Waals surface area contributed by atoms with Crippen LogP contribution in [0.15, 0.2) is 88.2 Å². The Kier molecular flexibility index (Phi) is 9.28. The molecule has 1 atom stereocenters. The van der Waals surface area contributed by atoms with Crippen molar-refractivity contribution >= 4 is 43.5 Å². The summed E-state index contributed by atoms with van der Waals surface area (Å²) in [6.45, 7) is 3.49. The second-order valence-corrected chi connectivity index (χ2v) is 11.1. The molecule has 1 N–H and O–H groups in total. The first-order valence-electron chi connectivity index (χ1n) is 11.6. The van der Waals surface area contributed by atoms with E-state index < -0.39 is 28.5 Å². The third-order valence-corrected chi connectivity index (χ3v) is 8.09. The van der Waals surface area contributed by atoms with Crippen molar-refractivity contribution in [1.29, 1.82) is 0 Å². The average Bonchev–Trinajstić information content (AvgIpc) is 2.88. The van der Waals surface area contributed by atoms with Crippen molar-refractivity contribution < 1.29 is 18.0 Å². The molecule has 0 unspecified atom stereocenters. The highest BCUT2D eigenvalue weighted by molar-refractivity contribution is 9.10. The fourth-order valence-corrected chi connectivity index (χ4v) is 5.67. The van der Waals surface area contributed by atoms with Crippen LogP contribution in [-0.2, 0) is 26.2 Å². The van der Waals surface area contributed by atoms with Crippen LogP contribution >= 0.6 is 15.9 Å². The van der Waals surface area contributed by atoms with Gasteiger partial charge in [-0.15, -0.1) is 0 Å².